The van der Waals surface area contributed by atoms with Crippen LogP contribution in [0, 0.1) is 11.8 Å². The summed E-state index contributed by atoms with van der Waals surface area (Å²) in [5, 5.41) is 0. The molecular weight excluding hydrogens is 328 g/mol. The third-order valence-electron chi connectivity index (χ3n) is 6.50. The molecule has 4 rings (SSSR count). The molecule has 0 unspecified atom stereocenters. The highest BCUT2D eigenvalue weighted by molar-refractivity contribution is 5.77. The Bertz CT molecular complexity index is 660. The van der Waals surface area contributed by atoms with Crippen LogP contribution < -0.4 is 4.74 Å². The summed E-state index contributed by atoms with van der Waals surface area (Å²) in [5.74, 6) is 2.19. The summed E-state index contributed by atoms with van der Waals surface area (Å²) in [4.78, 5) is 17.1. The van der Waals surface area contributed by atoms with Gasteiger partial charge in [-0.15, -0.1) is 0 Å². The molecule has 4 atom stereocenters. The van der Waals surface area contributed by atoms with Gasteiger partial charge in [0.25, 0.3) is 0 Å². The number of benzene rings is 1. The number of likely N-dealkylation sites (tertiary alicyclic amines) is 1. The number of hydrogen-bond donors (Lipinski definition) is 0. The summed E-state index contributed by atoms with van der Waals surface area (Å²) in [5.41, 5.74) is 1.13. The van der Waals surface area contributed by atoms with Gasteiger partial charge < -0.3 is 19.3 Å². The Morgan fingerprint density at radius 1 is 1.35 bits per heavy atom. The maximum atomic E-state index is 12.8. The van der Waals surface area contributed by atoms with Crippen LogP contribution in [0.4, 0.5) is 0 Å². The summed E-state index contributed by atoms with van der Waals surface area (Å²) >= 11 is 0. The topological polar surface area (TPSA) is 42.0 Å². The molecule has 3 aliphatic heterocycles. The summed E-state index contributed by atoms with van der Waals surface area (Å²) in [6.45, 7) is 2.72. The zero-order valence-electron chi connectivity index (χ0n) is 16.1. The fourth-order valence-corrected chi connectivity index (χ4v) is 5.25. The van der Waals surface area contributed by atoms with E-state index >= 15 is 0 Å². The zero-order chi connectivity index (χ0) is 18.3. The molecular formula is C21H30N2O3. The predicted molar refractivity (Wildman–Crippen MR) is 100 cm³/mol. The molecule has 0 radical (unpaired) electrons. The monoisotopic (exact) mass is 358 g/mol. The molecule has 1 amide bonds. The normalized spacial score (nSPS) is 32.3. The first-order chi connectivity index (χ1) is 12.5. The SMILES string of the molecule is COc1ccc(CCC(=O)N2C[C@@H]3[C@H](CN(C)C)[C@H]4CC[C@]3(C2)O4)cc1. The molecule has 3 fully saturated rings. The molecule has 2 bridgehead atoms. The molecule has 0 saturated carbocycles. The van der Waals surface area contributed by atoms with Crippen molar-refractivity contribution >= 4 is 5.91 Å². The Balaban J connectivity index is 1.36. The molecule has 26 heavy (non-hydrogen) atoms. The average Bonchev–Trinajstić information content (AvgIpc) is 3.29. The minimum atomic E-state index is -0.0544. The Morgan fingerprint density at radius 3 is 2.81 bits per heavy atom. The molecule has 1 aromatic carbocycles. The lowest BCUT2D eigenvalue weighted by Crippen LogP contribution is -2.40. The van der Waals surface area contributed by atoms with Crippen molar-refractivity contribution in [3.05, 3.63) is 29.8 Å². The van der Waals surface area contributed by atoms with Crippen molar-refractivity contribution < 1.29 is 14.3 Å². The van der Waals surface area contributed by atoms with Gasteiger partial charge in [0.05, 0.1) is 25.4 Å². The molecule has 0 N–H and O–H groups in total. The molecule has 142 valence electrons. The highest BCUT2D eigenvalue weighted by Crippen LogP contribution is 2.54. The van der Waals surface area contributed by atoms with E-state index in [9.17, 15) is 4.79 Å². The van der Waals surface area contributed by atoms with Crippen LogP contribution in [-0.2, 0) is 16.0 Å². The van der Waals surface area contributed by atoms with E-state index in [-0.39, 0.29) is 11.5 Å². The fraction of sp³-hybridized carbons (Fsp3) is 0.667. The van der Waals surface area contributed by atoms with Crippen molar-refractivity contribution in [3.8, 4) is 5.75 Å². The van der Waals surface area contributed by atoms with Gasteiger partial charge in [-0.2, -0.15) is 0 Å². The molecule has 1 spiro atoms. The third kappa shape index (κ3) is 3.12. The van der Waals surface area contributed by atoms with Gasteiger partial charge in [0, 0.05) is 31.3 Å². The molecule has 3 saturated heterocycles. The van der Waals surface area contributed by atoms with E-state index in [0.29, 0.717) is 24.4 Å². The van der Waals surface area contributed by atoms with Gasteiger partial charge in [0.15, 0.2) is 0 Å². The average molecular weight is 358 g/mol. The number of amides is 1. The number of hydrogen-bond acceptors (Lipinski definition) is 4. The van der Waals surface area contributed by atoms with Crippen LogP contribution in [0.25, 0.3) is 0 Å². The molecule has 5 nitrogen and oxygen atoms in total. The first kappa shape index (κ1) is 17.8. The van der Waals surface area contributed by atoms with Gasteiger partial charge in [-0.3, -0.25) is 4.79 Å². The second-order valence-electron chi connectivity index (χ2n) is 8.41. The minimum Gasteiger partial charge on any atom is -0.497 e. The van der Waals surface area contributed by atoms with E-state index in [1.54, 1.807) is 7.11 Å². The van der Waals surface area contributed by atoms with Gasteiger partial charge >= 0.3 is 0 Å². The van der Waals surface area contributed by atoms with Crippen molar-refractivity contribution in [2.45, 2.75) is 37.4 Å². The molecule has 0 aromatic heterocycles. The highest BCUT2D eigenvalue weighted by atomic mass is 16.5. The number of fused-ring (bicyclic) bond motifs is 1. The Hall–Kier alpha value is -1.59. The van der Waals surface area contributed by atoms with E-state index in [1.807, 2.05) is 24.3 Å². The third-order valence-corrected chi connectivity index (χ3v) is 6.50. The second-order valence-corrected chi connectivity index (χ2v) is 8.41. The van der Waals surface area contributed by atoms with Crippen LogP contribution in [0.1, 0.15) is 24.8 Å². The zero-order valence-corrected chi connectivity index (χ0v) is 16.1. The maximum absolute atomic E-state index is 12.8. The standard InChI is InChI=1S/C21H30N2O3/c1-22(2)12-17-18-13-23(14-21(18)11-10-19(17)26-21)20(24)9-6-15-4-7-16(25-3)8-5-15/h4-5,7-8,17-19H,6,9-14H2,1-3H3/t17-,18+,19+,21+/m0/s1. The number of ether oxygens (including phenoxy) is 2. The predicted octanol–water partition coefficient (Wildman–Crippen LogP) is 2.20. The van der Waals surface area contributed by atoms with Crippen molar-refractivity contribution in [1.29, 1.82) is 0 Å². The van der Waals surface area contributed by atoms with Crippen molar-refractivity contribution in [3.63, 3.8) is 0 Å². The van der Waals surface area contributed by atoms with Crippen molar-refractivity contribution in [2.75, 3.05) is 40.8 Å². The molecule has 1 aromatic rings. The van der Waals surface area contributed by atoms with Crippen molar-refractivity contribution in [2.24, 2.45) is 11.8 Å². The number of rotatable bonds is 6. The lowest BCUT2D eigenvalue weighted by molar-refractivity contribution is -0.131. The van der Waals surface area contributed by atoms with Crippen LogP contribution in [-0.4, -0.2) is 68.3 Å². The maximum Gasteiger partial charge on any atom is 0.223 e. The molecule has 0 aliphatic carbocycles. The number of nitrogens with zero attached hydrogens (tertiary/aromatic N) is 2. The number of carbonyl (C=O) groups excluding carboxylic acids is 1. The number of methoxy groups -OCH3 is 1. The van der Waals surface area contributed by atoms with Crippen LogP contribution in [0.15, 0.2) is 24.3 Å². The van der Waals surface area contributed by atoms with Crippen LogP contribution in [0.2, 0.25) is 0 Å². The smallest absolute Gasteiger partial charge is 0.223 e. The lowest BCUT2D eigenvalue weighted by atomic mass is 9.73. The van der Waals surface area contributed by atoms with E-state index in [1.165, 1.54) is 5.56 Å². The Morgan fingerprint density at radius 2 is 2.12 bits per heavy atom. The molecule has 3 heterocycles. The summed E-state index contributed by atoms with van der Waals surface area (Å²) in [6.07, 6.45) is 4.02. The van der Waals surface area contributed by atoms with Gasteiger partial charge in [0.2, 0.25) is 5.91 Å². The summed E-state index contributed by atoms with van der Waals surface area (Å²) in [6, 6.07) is 8.00. The number of aryl methyl sites for hydroxylation is 1. The van der Waals surface area contributed by atoms with Crippen LogP contribution in [0.3, 0.4) is 0 Å². The van der Waals surface area contributed by atoms with E-state index in [4.69, 9.17) is 9.47 Å². The van der Waals surface area contributed by atoms with Gasteiger partial charge in [-0.25, -0.2) is 0 Å². The molecule has 5 heteroatoms. The van der Waals surface area contributed by atoms with E-state index < -0.39 is 0 Å². The summed E-state index contributed by atoms with van der Waals surface area (Å²) in [7, 11) is 5.93. The van der Waals surface area contributed by atoms with Gasteiger partial charge in [-0.05, 0) is 51.1 Å². The molecule has 3 aliphatic rings. The van der Waals surface area contributed by atoms with E-state index in [2.05, 4.69) is 23.9 Å². The highest BCUT2D eigenvalue weighted by Gasteiger charge is 2.63. The van der Waals surface area contributed by atoms with Crippen LogP contribution >= 0.6 is 0 Å². The van der Waals surface area contributed by atoms with Gasteiger partial charge in [-0.1, -0.05) is 12.1 Å². The summed E-state index contributed by atoms with van der Waals surface area (Å²) < 4.78 is 11.6. The van der Waals surface area contributed by atoms with Crippen LogP contribution in [0.5, 0.6) is 5.75 Å². The Labute approximate surface area is 156 Å². The van der Waals surface area contributed by atoms with Gasteiger partial charge in [0.1, 0.15) is 5.75 Å². The second kappa shape index (κ2) is 6.86. The number of carbonyl (C=O) groups is 1. The largest absolute Gasteiger partial charge is 0.497 e. The van der Waals surface area contributed by atoms with Crippen molar-refractivity contribution in [1.82, 2.24) is 9.80 Å². The quantitative estimate of drug-likeness (QED) is 0.782. The first-order valence-corrected chi connectivity index (χ1v) is 9.74. The lowest BCUT2D eigenvalue weighted by Gasteiger charge is -2.30. The minimum absolute atomic E-state index is 0.0544. The van der Waals surface area contributed by atoms with E-state index in [0.717, 1.165) is 44.6 Å². The Kier molecular flexibility index (Phi) is 4.70. The first-order valence-electron chi connectivity index (χ1n) is 9.74. The fourth-order valence-electron chi connectivity index (χ4n) is 5.25.